The zero-order valence-corrected chi connectivity index (χ0v) is 9.90. The number of methoxy groups -OCH3 is 1. The summed E-state index contributed by atoms with van der Waals surface area (Å²) in [7, 11) is -2.29. The maximum absolute atomic E-state index is 11.6. The van der Waals surface area contributed by atoms with Gasteiger partial charge in [0.25, 0.3) is 0 Å². The largest absolute Gasteiger partial charge is 0.481 e. The molecule has 1 rings (SSSR count). The SMILES string of the molecule is COc1ccc(S(=O)(=O)NCCC(=O)O)cn1. The molecule has 0 fully saturated rings. The molecule has 17 heavy (non-hydrogen) atoms. The van der Waals surface area contributed by atoms with Crippen LogP contribution in [0.1, 0.15) is 6.42 Å². The zero-order valence-electron chi connectivity index (χ0n) is 9.08. The van der Waals surface area contributed by atoms with E-state index >= 15 is 0 Å². The molecule has 0 atom stereocenters. The van der Waals surface area contributed by atoms with Crippen LogP contribution in [-0.4, -0.2) is 38.1 Å². The number of nitrogens with one attached hydrogen (secondary N) is 1. The molecule has 0 bridgehead atoms. The van der Waals surface area contributed by atoms with Gasteiger partial charge in [-0.05, 0) is 6.07 Å². The lowest BCUT2D eigenvalue weighted by atomic mass is 10.5. The van der Waals surface area contributed by atoms with Gasteiger partial charge in [-0.25, -0.2) is 18.1 Å². The van der Waals surface area contributed by atoms with Crippen molar-refractivity contribution in [1.82, 2.24) is 9.71 Å². The lowest BCUT2D eigenvalue weighted by Crippen LogP contribution is -2.26. The number of sulfonamides is 1. The number of pyridine rings is 1. The van der Waals surface area contributed by atoms with Gasteiger partial charge < -0.3 is 9.84 Å². The van der Waals surface area contributed by atoms with Crippen LogP contribution < -0.4 is 9.46 Å². The van der Waals surface area contributed by atoms with Gasteiger partial charge in [0, 0.05) is 12.6 Å². The normalized spacial score (nSPS) is 11.1. The summed E-state index contributed by atoms with van der Waals surface area (Å²) in [6.45, 7) is -0.163. The summed E-state index contributed by atoms with van der Waals surface area (Å²) in [5.74, 6) is -0.768. The molecule has 0 unspecified atom stereocenters. The first-order valence-corrected chi connectivity index (χ1v) is 6.15. The maximum atomic E-state index is 11.6. The van der Waals surface area contributed by atoms with E-state index in [1.807, 2.05) is 0 Å². The summed E-state index contributed by atoms with van der Waals surface area (Å²) in [4.78, 5) is 14.0. The van der Waals surface area contributed by atoms with Crippen molar-refractivity contribution >= 4 is 16.0 Å². The first-order chi connectivity index (χ1) is 7.95. The Bertz CT molecular complexity index is 483. The number of aliphatic carboxylic acids is 1. The molecule has 0 amide bonds. The molecule has 0 aromatic carbocycles. The minimum Gasteiger partial charge on any atom is -0.481 e. The van der Waals surface area contributed by atoms with Crippen LogP contribution in [0.15, 0.2) is 23.2 Å². The molecule has 0 aliphatic heterocycles. The fraction of sp³-hybridized carbons (Fsp3) is 0.333. The highest BCUT2D eigenvalue weighted by molar-refractivity contribution is 7.89. The summed E-state index contributed by atoms with van der Waals surface area (Å²) >= 11 is 0. The van der Waals surface area contributed by atoms with Gasteiger partial charge in [0.15, 0.2) is 0 Å². The third-order valence-corrected chi connectivity index (χ3v) is 3.31. The van der Waals surface area contributed by atoms with Crippen molar-refractivity contribution in [1.29, 1.82) is 0 Å². The Kier molecular flexibility index (Phi) is 4.41. The topological polar surface area (TPSA) is 106 Å². The van der Waals surface area contributed by atoms with Gasteiger partial charge in [-0.2, -0.15) is 0 Å². The Balaban J connectivity index is 2.72. The molecule has 0 spiro atoms. The van der Waals surface area contributed by atoms with Crippen LogP contribution in [0.3, 0.4) is 0 Å². The fourth-order valence-corrected chi connectivity index (χ4v) is 2.00. The predicted octanol–water partition coefficient (Wildman–Crippen LogP) is -0.157. The summed E-state index contributed by atoms with van der Waals surface area (Å²) in [5.41, 5.74) is 0. The molecule has 1 aromatic rings. The van der Waals surface area contributed by atoms with Gasteiger partial charge in [0.2, 0.25) is 15.9 Å². The third-order valence-electron chi connectivity index (χ3n) is 1.86. The molecule has 1 heterocycles. The van der Waals surface area contributed by atoms with E-state index in [4.69, 9.17) is 9.84 Å². The van der Waals surface area contributed by atoms with Crippen LogP contribution in [0.4, 0.5) is 0 Å². The second-order valence-corrected chi connectivity index (χ2v) is 4.84. The van der Waals surface area contributed by atoms with Gasteiger partial charge in [0.1, 0.15) is 4.90 Å². The first-order valence-electron chi connectivity index (χ1n) is 4.67. The van der Waals surface area contributed by atoms with Crippen molar-refractivity contribution < 1.29 is 23.1 Å². The number of nitrogens with zero attached hydrogens (tertiary/aromatic N) is 1. The van der Waals surface area contributed by atoms with E-state index in [0.29, 0.717) is 5.88 Å². The smallest absolute Gasteiger partial charge is 0.304 e. The third kappa shape index (κ3) is 4.00. The first kappa shape index (κ1) is 13.4. The number of carbonyl (C=O) groups is 1. The van der Waals surface area contributed by atoms with E-state index in [1.54, 1.807) is 0 Å². The highest BCUT2D eigenvalue weighted by Gasteiger charge is 2.14. The van der Waals surface area contributed by atoms with E-state index in [1.165, 1.54) is 19.2 Å². The zero-order chi connectivity index (χ0) is 12.9. The van der Waals surface area contributed by atoms with Gasteiger partial charge >= 0.3 is 5.97 Å². The Morgan fingerprint density at radius 1 is 1.53 bits per heavy atom. The predicted molar refractivity (Wildman–Crippen MR) is 58.2 cm³/mol. The number of carboxylic acid groups (broad SMARTS) is 1. The molecule has 7 nitrogen and oxygen atoms in total. The molecule has 1 aromatic heterocycles. The highest BCUT2D eigenvalue weighted by atomic mass is 32.2. The molecule has 0 aliphatic rings. The Morgan fingerprint density at radius 3 is 2.71 bits per heavy atom. The second-order valence-electron chi connectivity index (χ2n) is 3.08. The Hall–Kier alpha value is -1.67. The average Bonchev–Trinajstić information content (AvgIpc) is 2.28. The van der Waals surface area contributed by atoms with E-state index in [9.17, 15) is 13.2 Å². The lowest BCUT2D eigenvalue weighted by molar-refractivity contribution is -0.136. The Morgan fingerprint density at radius 2 is 2.24 bits per heavy atom. The minimum atomic E-state index is -3.71. The van der Waals surface area contributed by atoms with Gasteiger partial charge in [0.05, 0.1) is 19.7 Å². The van der Waals surface area contributed by atoms with Crippen molar-refractivity contribution in [3.63, 3.8) is 0 Å². The van der Waals surface area contributed by atoms with Crippen LogP contribution in [0.25, 0.3) is 0 Å². The number of rotatable bonds is 6. The van der Waals surface area contributed by atoms with Crippen LogP contribution >= 0.6 is 0 Å². The molecule has 8 heteroatoms. The average molecular weight is 260 g/mol. The van der Waals surface area contributed by atoms with E-state index < -0.39 is 16.0 Å². The van der Waals surface area contributed by atoms with Crippen molar-refractivity contribution in [2.24, 2.45) is 0 Å². The quantitative estimate of drug-likeness (QED) is 0.736. The van der Waals surface area contributed by atoms with Crippen LogP contribution in [0.2, 0.25) is 0 Å². The number of hydrogen-bond acceptors (Lipinski definition) is 5. The number of aromatic nitrogens is 1. The molecular weight excluding hydrogens is 248 g/mol. The van der Waals surface area contributed by atoms with E-state index in [2.05, 4.69) is 9.71 Å². The summed E-state index contributed by atoms with van der Waals surface area (Å²) < 4.78 is 30.2. The number of hydrogen-bond donors (Lipinski definition) is 2. The van der Waals surface area contributed by atoms with Crippen molar-refractivity contribution in [2.45, 2.75) is 11.3 Å². The Labute approximate surface area is 98.5 Å². The number of ether oxygens (including phenoxy) is 1. The summed E-state index contributed by atoms with van der Waals surface area (Å²) in [5, 5.41) is 8.39. The molecule has 0 aliphatic carbocycles. The van der Waals surface area contributed by atoms with Crippen molar-refractivity contribution in [3.8, 4) is 5.88 Å². The molecule has 0 saturated carbocycles. The second kappa shape index (κ2) is 5.60. The van der Waals surface area contributed by atoms with Crippen molar-refractivity contribution in [2.75, 3.05) is 13.7 Å². The van der Waals surface area contributed by atoms with Gasteiger partial charge in [-0.3, -0.25) is 4.79 Å². The minimum absolute atomic E-state index is 0.0383. The van der Waals surface area contributed by atoms with Crippen LogP contribution in [0, 0.1) is 0 Å². The summed E-state index contributed by atoms with van der Waals surface area (Å²) in [6.07, 6.45) is 0.866. The van der Waals surface area contributed by atoms with Gasteiger partial charge in [-0.1, -0.05) is 0 Å². The summed E-state index contributed by atoms with van der Waals surface area (Å²) in [6, 6.07) is 2.74. The molecule has 2 N–H and O–H groups in total. The maximum Gasteiger partial charge on any atom is 0.304 e. The molecular formula is C9H12N2O5S. The van der Waals surface area contributed by atoms with Gasteiger partial charge in [-0.15, -0.1) is 0 Å². The highest BCUT2D eigenvalue weighted by Crippen LogP contribution is 2.11. The van der Waals surface area contributed by atoms with E-state index in [-0.39, 0.29) is 17.9 Å². The number of carboxylic acids is 1. The molecule has 0 saturated heterocycles. The fourth-order valence-electron chi connectivity index (χ4n) is 1.02. The van der Waals surface area contributed by atoms with Crippen molar-refractivity contribution in [3.05, 3.63) is 18.3 Å². The molecule has 0 radical (unpaired) electrons. The standard InChI is InChI=1S/C9H12N2O5S/c1-16-8-3-2-7(6-10-8)17(14,15)11-5-4-9(12)13/h2-3,6,11H,4-5H2,1H3,(H,12,13). The molecule has 94 valence electrons. The van der Waals surface area contributed by atoms with Crippen LogP contribution in [-0.2, 0) is 14.8 Å². The lowest BCUT2D eigenvalue weighted by Gasteiger charge is -2.05. The monoisotopic (exact) mass is 260 g/mol. The van der Waals surface area contributed by atoms with E-state index in [0.717, 1.165) is 6.20 Å². The van der Waals surface area contributed by atoms with Crippen LogP contribution in [0.5, 0.6) is 5.88 Å².